The average Bonchev–Trinajstić information content (AvgIpc) is 2.54. The highest BCUT2D eigenvalue weighted by Gasteiger charge is 2.08. The summed E-state index contributed by atoms with van der Waals surface area (Å²) in [5.74, 6) is 0.774. The second kappa shape index (κ2) is 6.84. The lowest BCUT2D eigenvalue weighted by Crippen LogP contribution is -2.17. The fraction of sp³-hybridized carbons (Fsp3) is 0.105. The van der Waals surface area contributed by atoms with Crippen LogP contribution in [-0.4, -0.2) is 12.6 Å². The van der Waals surface area contributed by atoms with Gasteiger partial charge < -0.3 is 9.47 Å². The van der Waals surface area contributed by atoms with Crippen molar-refractivity contribution >= 4 is 32.7 Å². The summed E-state index contributed by atoms with van der Waals surface area (Å²) in [5, 5.41) is 2.09. The van der Waals surface area contributed by atoms with E-state index in [4.69, 9.17) is 9.47 Å². The van der Waals surface area contributed by atoms with Gasteiger partial charge in [0.2, 0.25) is 0 Å². The fourth-order valence-corrected chi connectivity index (χ4v) is 2.65. The van der Waals surface area contributed by atoms with Crippen LogP contribution in [0.5, 0.6) is 11.5 Å². The lowest BCUT2D eigenvalue weighted by atomic mass is 10.1. The van der Waals surface area contributed by atoms with E-state index < -0.39 is 5.97 Å². The summed E-state index contributed by atoms with van der Waals surface area (Å²) in [6, 6.07) is 19.0. The van der Waals surface area contributed by atoms with Gasteiger partial charge in [0.15, 0.2) is 6.61 Å². The Morgan fingerprint density at radius 1 is 1.00 bits per heavy atom. The van der Waals surface area contributed by atoms with E-state index in [0.717, 1.165) is 20.8 Å². The standard InChI is InChI=1S/C19H15BrO3/c1-13-4-2-3-5-18(13)22-12-19(21)23-17-9-7-14-10-16(20)8-6-15(14)11-17/h2-11H,12H2,1H3. The van der Waals surface area contributed by atoms with Gasteiger partial charge in [0, 0.05) is 4.47 Å². The van der Waals surface area contributed by atoms with Gasteiger partial charge in [0.1, 0.15) is 11.5 Å². The molecule has 3 nitrogen and oxygen atoms in total. The van der Waals surface area contributed by atoms with Crippen LogP contribution >= 0.6 is 15.9 Å². The highest BCUT2D eigenvalue weighted by molar-refractivity contribution is 9.10. The number of fused-ring (bicyclic) bond motifs is 1. The Morgan fingerprint density at radius 2 is 1.74 bits per heavy atom. The zero-order valence-corrected chi connectivity index (χ0v) is 14.2. The van der Waals surface area contributed by atoms with E-state index in [2.05, 4.69) is 15.9 Å². The van der Waals surface area contributed by atoms with Gasteiger partial charge >= 0.3 is 5.97 Å². The highest BCUT2D eigenvalue weighted by atomic mass is 79.9. The number of rotatable bonds is 4. The predicted octanol–water partition coefficient (Wildman–Crippen LogP) is 4.90. The number of para-hydroxylation sites is 1. The minimum atomic E-state index is -0.426. The lowest BCUT2D eigenvalue weighted by molar-refractivity contribution is -0.136. The number of aryl methyl sites for hydroxylation is 1. The Labute approximate surface area is 143 Å². The predicted molar refractivity (Wildman–Crippen MR) is 94.0 cm³/mol. The van der Waals surface area contributed by atoms with Crippen LogP contribution in [-0.2, 0) is 4.79 Å². The van der Waals surface area contributed by atoms with Gasteiger partial charge in [0.05, 0.1) is 0 Å². The molecule has 3 rings (SSSR count). The van der Waals surface area contributed by atoms with Crippen LogP contribution in [0.1, 0.15) is 5.56 Å². The van der Waals surface area contributed by atoms with Gasteiger partial charge in [-0.3, -0.25) is 0 Å². The average molecular weight is 371 g/mol. The maximum atomic E-state index is 11.9. The third kappa shape index (κ3) is 3.90. The monoisotopic (exact) mass is 370 g/mol. The molecule has 0 atom stereocenters. The Hall–Kier alpha value is -2.33. The summed E-state index contributed by atoms with van der Waals surface area (Å²) in [4.78, 5) is 11.9. The van der Waals surface area contributed by atoms with Crippen molar-refractivity contribution in [1.82, 2.24) is 0 Å². The van der Waals surface area contributed by atoms with Crippen molar-refractivity contribution in [2.75, 3.05) is 6.61 Å². The molecule has 0 radical (unpaired) electrons. The van der Waals surface area contributed by atoms with Crippen LogP contribution in [0.15, 0.2) is 65.1 Å². The maximum absolute atomic E-state index is 11.9. The molecule has 0 unspecified atom stereocenters. The van der Waals surface area contributed by atoms with Gasteiger partial charge in [-0.15, -0.1) is 0 Å². The number of carbonyl (C=O) groups is 1. The molecule has 0 aliphatic rings. The van der Waals surface area contributed by atoms with Crippen molar-refractivity contribution < 1.29 is 14.3 Å². The van der Waals surface area contributed by atoms with Crippen molar-refractivity contribution in [3.63, 3.8) is 0 Å². The van der Waals surface area contributed by atoms with Crippen LogP contribution in [0, 0.1) is 6.92 Å². The molecule has 0 fully saturated rings. The summed E-state index contributed by atoms with van der Waals surface area (Å²) in [7, 11) is 0. The number of carbonyl (C=O) groups excluding carboxylic acids is 1. The topological polar surface area (TPSA) is 35.5 Å². The molecule has 116 valence electrons. The largest absolute Gasteiger partial charge is 0.482 e. The first-order valence-electron chi connectivity index (χ1n) is 7.20. The first kappa shape index (κ1) is 15.6. The molecule has 0 aliphatic carbocycles. The minimum Gasteiger partial charge on any atom is -0.482 e. The summed E-state index contributed by atoms with van der Waals surface area (Å²) in [5.41, 5.74) is 0.983. The third-order valence-corrected chi connectivity index (χ3v) is 3.94. The Balaban J connectivity index is 1.66. The number of esters is 1. The molecule has 0 amide bonds. The SMILES string of the molecule is Cc1ccccc1OCC(=O)Oc1ccc2cc(Br)ccc2c1. The van der Waals surface area contributed by atoms with Crippen molar-refractivity contribution in [3.8, 4) is 11.5 Å². The van der Waals surface area contributed by atoms with E-state index in [1.807, 2.05) is 61.5 Å². The second-order valence-corrected chi connectivity index (χ2v) is 6.10. The first-order valence-corrected chi connectivity index (χ1v) is 7.99. The normalized spacial score (nSPS) is 10.5. The maximum Gasteiger partial charge on any atom is 0.349 e. The molecule has 0 spiro atoms. The molecule has 23 heavy (non-hydrogen) atoms. The molecular weight excluding hydrogens is 356 g/mol. The highest BCUT2D eigenvalue weighted by Crippen LogP contribution is 2.24. The fourth-order valence-electron chi connectivity index (χ4n) is 2.27. The molecular formula is C19H15BrO3. The van der Waals surface area contributed by atoms with E-state index in [0.29, 0.717) is 11.5 Å². The molecule has 0 N–H and O–H groups in total. The molecule has 0 aliphatic heterocycles. The van der Waals surface area contributed by atoms with E-state index in [1.165, 1.54) is 0 Å². The van der Waals surface area contributed by atoms with Crippen LogP contribution in [0.4, 0.5) is 0 Å². The van der Waals surface area contributed by atoms with E-state index in [1.54, 1.807) is 6.07 Å². The summed E-state index contributed by atoms with van der Waals surface area (Å²) < 4.78 is 11.8. The summed E-state index contributed by atoms with van der Waals surface area (Å²) in [6.45, 7) is 1.81. The van der Waals surface area contributed by atoms with Crippen molar-refractivity contribution in [1.29, 1.82) is 0 Å². The molecule has 4 heteroatoms. The first-order chi connectivity index (χ1) is 11.1. The molecule has 0 saturated heterocycles. The van der Waals surface area contributed by atoms with Gasteiger partial charge in [-0.25, -0.2) is 4.79 Å². The van der Waals surface area contributed by atoms with E-state index in [-0.39, 0.29) is 6.61 Å². The van der Waals surface area contributed by atoms with Crippen molar-refractivity contribution in [2.24, 2.45) is 0 Å². The van der Waals surface area contributed by atoms with Crippen LogP contribution in [0.25, 0.3) is 10.8 Å². The zero-order valence-electron chi connectivity index (χ0n) is 12.6. The van der Waals surface area contributed by atoms with Crippen molar-refractivity contribution in [3.05, 3.63) is 70.7 Å². The Morgan fingerprint density at radius 3 is 2.57 bits per heavy atom. The molecule has 0 aromatic heterocycles. The van der Waals surface area contributed by atoms with Crippen molar-refractivity contribution in [2.45, 2.75) is 6.92 Å². The Bertz CT molecular complexity index is 858. The zero-order chi connectivity index (χ0) is 16.2. The number of hydrogen-bond acceptors (Lipinski definition) is 3. The number of halogens is 1. The van der Waals surface area contributed by atoms with E-state index in [9.17, 15) is 4.79 Å². The van der Waals surface area contributed by atoms with Crippen LogP contribution in [0.3, 0.4) is 0 Å². The molecule has 0 bridgehead atoms. The lowest BCUT2D eigenvalue weighted by Gasteiger charge is -2.09. The van der Waals surface area contributed by atoms with Crippen LogP contribution < -0.4 is 9.47 Å². The smallest absolute Gasteiger partial charge is 0.349 e. The number of hydrogen-bond donors (Lipinski definition) is 0. The van der Waals surface area contributed by atoms with Gasteiger partial charge in [-0.1, -0.05) is 46.3 Å². The molecule has 3 aromatic carbocycles. The summed E-state index contributed by atoms with van der Waals surface area (Å²) in [6.07, 6.45) is 0. The molecule has 3 aromatic rings. The molecule has 0 heterocycles. The summed E-state index contributed by atoms with van der Waals surface area (Å²) >= 11 is 3.44. The Kier molecular flexibility index (Phi) is 4.63. The quantitative estimate of drug-likeness (QED) is 0.484. The number of benzene rings is 3. The minimum absolute atomic E-state index is 0.122. The second-order valence-electron chi connectivity index (χ2n) is 5.18. The van der Waals surface area contributed by atoms with E-state index >= 15 is 0 Å². The van der Waals surface area contributed by atoms with Gasteiger partial charge in [0.25, 0.3) is 0 Å². The number of ether oxygens (including phenoxy) is 2. The third-order valence-electron chi connectivity index (χ3n) is 3.44. The van der Waals surface area contributed by atoms with Crippen LogP contribution in [0.2, 0.25) is 0 Å². The molecule has 0 saturated carbocycles. The van der Waals surface area contributed by atoms with Gasteiger partial charge in [-0.2, -0.15) is 0 Å². The van der Waals surface area contributed by atoms with Gasteiger partial charge in [-0.05, 0) is 53.6 Å².